The summed E-state index contributed by atoms with van der Waals surface area (Å²) in [7, 11) is 0. The number of hydrogen-bond acceptors (Lipinski definition) is 6. The van der Waals surface area contributed by atoms with Crippen molar-refractivity contribution in [2.24, 2.45) is 0 Å². The zero-order chi connectivity index (χ0) is 20.5. The number of halogens is 1. The summed E-state index contributed by atoms with van der Waals surface area (Å²) in [4.78, 5) is 13.2. The largest absolute Gasteiger partial charge is 0.332 e. The summed E-state index contributed by atoms with van der Waals surface area (Å²) in [5.74, 6) is 0.338. The third kappa shape index (κ3) is 3.98. The molecule has 0 aliphatic carbocycles. The molecule has 2 N–H and O–H groups in total. The van der Waals surface area contributed by atoms with Crippen LogP contribution in [-0.2, 0) is 0 Å². The Bertz CT molecular complexity index is 1250. The second kappa shape index (κ2) is 7.86. The first-order valence-electron chi connectivity index (χ1n) is 8.59. The van der Waals surface area contributed by atoms with E-state index < -0.39 is 0 Å². The fourth-order valence-electron chi connectivity index (χ4n) is 2.73. The van der Waals surface area contributed by atoms with Crippen LogP contribution in [0.3, 0.4) is 0 Å². The summed E-state index contributed by atoms with van der Waals surface area (Å²) in [5, 5.41) is 19.7. The minimum Gasteiger partial charge on any atom is -0.332 e. The molecule has 1 amide bonds. The SMILES string of the molecule is Cc1ccc(C(=O)NC(=S)Nc2ccccc2-c2nn3c(C)nnc3s2)c(Cl)c1. The van der Waals surface area contributed by atoms with E-state index in [1.54, 1.807) is 16.6 Å². The van der Waals surface area contributed by atoms with Gasteiger partial charge in [-0.15, -0.1) is 10.2 Å². The number of aromatic nitrogens is 4. The maximum Gasteiger partial charge on any atom is 0.258 e. The molecule has 2 aromatic heterocycles. The molecule has 0 spiro atoms. The smallest absolute Gasteiger partial charge is 0.258 e. The highest BCUT2D eigenvalue weighted by molar-refractivity contribution is 7.80. The van der Waals surface area contributed by atoms with Crippen LogP contribution in [0.25, 0.3) is 15.5 Å². The van der Waals surface area contributed by atoms with Crippen molar-refractivity contribution in [3.8, 4) is 10.6 Å². The summed E-state index contributed by atoms with van der Waals surface area (Å²) in [6, 6.07) is 12.8. The fourth-order valence-corrected chi connectivity index (χ4v) is 4.18. The van der Waals surface area contributed by atoms with Crippen LogP contribution in [0.5, 0.6) is 0 Å². The van der Waals surface area contributed by atoms with Gasteiger partial charge in [0, 0.05) is 5.56 Å². The number of carbonyl (C=O) groups excluding carboxylic acids is 1. The molecule has 0 atom stereocenters. The highest BCUT2D eigenvalue weighted by atomic mass is 35.5. The molecule has 29 heavy (non-hydrogen) atoms. The number of fused-ring (bicyclic) bond motifs is 1. The van der Waals surface area contributed by atoms with Gasteiger partial charge in [-0.2, -0.15) is 9.61 Å². The van der Waals surface area contributed by atoms with Crippen LogP contribution in [0.15, 0.2) is 42.5 Å². The Hall–Kier alpha value is -2.88. The van der Waals surface area contributed by atoms with E-state index in [4.69, 9.17) is 23.8 Å². The average Bonchev–Trinajstić information content (AvgIpc) is 3.24. The summed E-state index contributed by atoms with van der Waals surface area (Å²) >= 11 is 12.9. The van der Waals surface area contributed by atoms with Crippen molar-refractivity contribution in [3.63, 3.8) is 0 Å². The first-order valence-corrected chi connectivity index (χ1v) is 10.2. The molecular formula is C19H15ClN6OS2. The van der Waals surface area contributed by atoms with Gasteiger partial charge in [-0.1, -0.05) is 41.1 Å². The van der Waals surface area contributed by atoms with Crippen LogP contribution in [0, 0.1) is 13.8 Å². The van der Waals surface area contributed by atoms with E-state index in [0.717, 1.165) is 21.8 Å². The van der Waals surface area contributed by atoms with Crippen molar-refractivity contribution < 1.29 is 4.79 Å². The Morgan fingerprint density at radius 2 is 1.97 bits per heavy atom. The third-order valence-corrected chi connectivity index (χ3v) is 5.60. The number of hydrogen-bond donors (Lipinski definition) is 2. The lowest BCUT2D eigenvalue weighted by Gasteiger charge is -2.13. The van der Waals surface area contributed by atoms with Crippen molar-refractivity contribution in [1.29, 1.82) is 0 Å². The van der Waals surface area contributed by atoms with Crippen LogP contribution in [0.4, 0.5) is 5.69 Å². The van der Waals surface area contributed by atoms with E-state index in [9.17, 15) is 4.79 Å². The van der Waals surface area contributed by atoms with Crippen molar-refractivity contribution in [2.75, 3.05) is 5.32 Å². The van der Waals surface area contributed by atoms with E-state index in [0.29, 0.717) is 21.4 Å². The van der Waals surface area contributed by atoms with Gasteiger partial charge in [-0.25, -0.2) is 0 Å². The Kier molecular flexibility index (Phi) is 5.27. The third-order valence-electron chi connectivity index (χ3n) is 4.15. The topological polar surface area (TPSA) is 84.2 Å². The van der Waals surface area contributed by atoms with Crippen LogP contribution in [0.2, 0.25) is 5.02 Å². The molecule has 0 saturated heterocycles. The molecule has 0 saturated carbocycles. The van der Waals surface area contributed by atoms with Crippen molar-refractivity contribution >= 4 is 56.8 Å². The number of nitrogens with one attached hydrogen (secondary N) is 2. The fraction of sp³-hybridized carbons (Fsp3) is 0.105. The summed E-state index contributed by atoms with van der Waals surface area (Å²) in [6.07, 6.45) is 0. The minimum atomic E-state index is -0.376. The number of para-hydroxylation sites is 1. The lowest BCUT2D eigenvalue weighted by molar-refractivity contribution is 0.0978. The van der Waals surface area contributed by atoms with Crippen LogP contribution in [0.1, 0.15) is 21.7 Å². The van der Waals surface area contributed by atoms with Crippen LogP contribution >= 0.6 is 35.2 Å². The van der Waals surface area contributed by atoms with Gasteiger partial charge in [-0.05, 0) is 55.9 Å². The van der Waals surface area contributed by atoms with Gasteiger partial charge < -0.3 is 5.32 Å². The molecule has 10 heteroatoms. The Labute approximate surface area is 180 Å². The van der Waals surface area contributed by atoms with Gasteiger partial charge in [-0.3, -0.25) is 10.1 Å². The standard InChI is InChI=1S/C19H15ClN6OS2/c1-10-7-8-12(14(20)9-10)16(27)22-18(28)21-15-6-4-3-5-13(15)17-25-26-11(2)23-24-19(26)29-17/h3-9H,1-2H3,(H2,21,22,27,28). The van der Waals surface area contributed by atoms with Crippen LogP contribution in [-0.4, -0.2) is 30.8 Å². The Morgan fingerprint density at radius 1 is 1.17 bits per heavy atom. The summed E-state index contributed by atoms with van der Waals surface area (Å²) in [6.45, 7) is 3.75. The molecule has 0 fully saturated rings. The Morgan fingerprint density at radius 3 is 2.72 bits per heavy atom. The second-order valence-electron chi connectivity index (χ2n) is 6.29. The van der Waals surface area contributed by atoms with Crippen molar-refractivity contribution in [2.45, 2.75) is 13.8 Å². The zero-order valence-electron chi connectivity index (χ0n) is 15.4. The van der Waals surface area contributed by atoms with Gasteiger partial charge in [0.1, 0.15) is 5.01 Å². The molecule has 4 aromatic rings. The number of amides is 1. The van der Waals surface area contributed by atoms with Gasteiger partial charge in [0.2, 0.25) is 4.96 Å². The Balaban J connectivity index is 1.55. The maximum absolute atomic E-state index is 12.5. The summed E-state index contributed by atoms with van der Waals surface area (Å²) in [5.41, 5.74) is 2.89. The molecule has 0 aliphatic heterocycles. The number of nitrogens with zero attached hydrogens (tertiary/aromatic N) is 4. The summed E-state index contributed by atoms with van der Waals surface area (Å²) < 4.78 is 1.69. The van der Waals surface area contributed by atoms with E-state index in [1.807, 2.05) is 44.2 Å². The number of carbonyl (C=O) groups is 1. The maximum atomic E-state index is 12.5. The molecule has 7 nitrogen and oxygen atoms in total. The van der Waals surface area contributed by atoms with E-state index in [-0.39, 0.29) is 11.0 Å². The average molecular weight is 443 g/mol. The quantitative estimate of drug-likeness (QED) is 0.461. The van der Waals surface area contributed by atoms with Gasteiger partial charge in [0.05, 0.1) is 16.3 Å². The zero-order valence-corrected chi connectivity index (χ0v) is 17.8. The van der Waals surface area contributed by atoms with E-state index in [1.165, 1.54) is 11.3 Å². The lowest BCUT2D eigenvalue weighted by Crippen LogP contribution is -2.34. The molecule has 0 bridgehead atoms. The van der Waals surface area contributed by atoms with Gasteiger partial charge in [0.15, 0.2) is 10.9 Å². The van der Waals surface area contributed by atoms with Crippen molar-refractivity contribution in [3.05, 3.63) is 64.4 Å². The van der Waals surface area contributed by atoms with E-state index >= 15 is 0 Å². The number of thiocarbonyl (C=S) groups is 1. The van der Waals surface area contributed by atoms with Gasteiger partial charge >= 0.3 is 0 Å². The molecule has 2 heterocycles. The second-order valence-corrected chi connectivity index (χ2v) is 8.06. The number of anilines is 1. The predicted molar refractivity (Wildman–Crippen MR) is 119 cm³/mol. The molecule has 2 aromatic carbocycles. The molecule has 4 rings (SSSR count). The monoisotopic (exact) mass is 442 g/mol. The normalized spacial score (nSPS) is 10.9. The van der Waals surface area contributed by atoms with Crippen molar-refractivity contribution in [1.82, 2.24) is 25.1 Å². The number of rotatable bonds is 3. The molecule has 0 aliphatic rings. The number of benzene rings is 2. The first kappa shape index (κ1) is 19.4. The first-order chi connectivity index (χ1) is 13.9. The predicted octanol–water partition coefficient (Wildman–Crippen LogP) is 4.25. The molecule has 0 radical (unpaired) electrons. The minimum absolute atomic E-state index is 0.165. The highest BCUT2D eigenvalue weighted by Crippen LogP contribution is 2.31. The number of aryl methyl sites for hydroxylation is 2. The van der Waals surface area contributed by atoms with Crippen LogP contribution < -0.4 is 10.6 Å². The highest BCUT2D eigenvalue weighted by Gasteiger charge is 2.16. The molecular weight excluding hydrogens is 428 g/mol. The lowest BCUT2D eigenvalue weighted by atomic mass is 10.1. The molecule has 146 valence electrons. The molecule has 0 unspecified atom stereocenters. The van der Waals surface area contributed by atoms with Gasteiger partial charge in [0.25, 0.3) is 5.91 Å². The van der Waals surface area contributed by atoms with E-state index in [2.05, 4.69) is 25.9 Å².